The largest absolute Gasteiger partial charge is 0.436 e. The first-order valence-corrected chi connectivity index (χ1v) is 6.56. The number of rotatable bonds is 4. The standard InChI is InChI=1S/C16H19FN2O/c1-16(2,3)19-11-12-8-9-18-15(10-12)20-14-7-5-4-6-13(14)17/h4-10,19H,11H2,1-3H3. The number of aromatic nitrogens is 1. The lowest BCUT2D eigenvalue weighted by atomic mass is 10.1. The van der Waals surface area contributed by atoms with Crippen molar-refractivity contribution in [2.75, 3.05) is 0 Å². The van der Waals surface area contributed by atoms with Crippen molar-refractivity contribution in [3.8, 4) is 11.6 Å². The fraction of sp³-hybridized carbons (Fsp3) is 0.312. The van der Waals surface area contributed by atoms with Gasteiger partial charge in [0.25, 0.3) is 0 Å². The minimum atomic E-state index is -0.396. The number of nitrogens with one attached hydrogen (secondary N) is 1. The molecule has 1 heterocycles. The van der Waals surface area contributed by atoms with E-state index in [2.05, 4.69) is 31.1 Å². The van der Waals surface area contributed by atoms with Crippen LogP contribution in [0.2, 0.25) is 0 Å². The number of hydrogen-bond acceptors (Lipinski definition) is 3. The molecule has 0 saturated heterocycles. The summed E-state index contributed by atoms with van der Waals surface area (Å²) in [6, 6.07) is 10.0. The lowest BCUT2D eigenvalue weighted by molar-refractivity contribution is 0.416. The summed E-state index contributed by atoms with van der Waals surface area (Å²) in [6.45, 7) is 7.01. The first-order valence-electron chi connectivity index (χ1n) is 6.56. The van der Waals surface area contributed by atoms with Crippen LogP contribution in [-0.4, -0.2) is 10.5 Å². The van der Waals surface area contributed by atoms with Crippen molar-refractivity contribution in [1.29, 1.82) is 0 Å². The molecule has 4 heteroatoms. The van der Waals surface area contributed by atoms with Gasteiger partial charge in [0.05, 0.1) is 0 Å². The highest BCUT2D eigenvalue weighted by Gasteiger charge is 2.09. The summed E-state index contributed by atoms with van der Waals surface area (Å²) in [6.07, 6.45) is 1.66. The summed E-state index contributed by atoms with van der Waals surface area (Å²) in [5, 5.41) is 3.38. The van der Waals surface area contributed by atoms with Gasteiger partial charge >= 0.3 is 0 Å². The third-order valence-corrected chi connectivity index (χ3v) is 2.67. The average molecular weight is 274 g/mol. The molecule has 0 unspecified atom stereocenters. The molecule has 0 aliphatic carbocycles. The second kappa shape index (κ2) is 6.01. The second-order valence-corrected chi connectivity index (χ2v) is 5.64. The van der Waals surface area contributed by atoms with Crippen LogP contribution in [0.5, 0.6) is 11.6 Å². The van der Waals surface area contributed by atoms with E-state index >= 15 is 0 Å². The quantitative estimate of drug-likeness (QED) is 0.918. The van der Waals surface area contributed by atoms with Gasteiger partial charge in [-0.15, -0.1) is 0 Å². The Hall–Kier alpha value is -1.94. The van der Waals surface area contributed by atoms with Crippen molar-refractivity contribution in [3.05, 3.63) is 54.0 Å². The van der Waals surface area contributed by atoms with Gasteiger partial charge in [-0.2, -0.15) is 0 Å². The molecule has 2 aromatic rings. The molecule has 1 aromatic carbocycles. The molecule has 0 bridgehead atoms. The molecule has 0 atom stereocenters. The molecule has 0 saturated carbocycles. The minimum absolute atomic E-state index is 0.0375. The highest BCUT2D eigenvalue weighted by Crippen LogP contribution is 2.22. The molecule has 2 rings (SSSR count). The molecule has 0 radical (unpaired) electrons. The van der Waals surface area contributed by atoms with E-state index in [4.69, 9.17) is 4.74 Å². The van der Waals surface area contributed by atoms with E-state index in [0.717, 1.165) is 5.56 Å². The predicted octanol–water partition coefficient (Wildman–Crippen LogP) is 3.90. The van der Waals surface area contributed by atoms with Crippen LogP contribution in [0.15, 0.2) is 42.6 Å². The topological polar surface area (TPSA) is 34.2 Å². The Kier molecular flexibility index (Phi) is 4.35. The highest BCUT2D eigenvalue weighted by atomic mass is 19.1. The van der Waals surface area contributed by atoms with Crippen molar-refractivity contribution in [3.63, 3.8) is 0 Å². The average Bonchev–Trinajstić information content (AvgIpc) is 2.39. The Labute approximate surface area is 118 Å². The summed E-state index contributed by atoms with van der Waals surface area (Å²) in [4.78, 5) is 4.10. The Morgan fingerprint density at radius 3 is 2.65 bits per heavy atom. The van der Waals surface area contributed by atoms with Crippen LogP contribution in [-0.2, 0) is 6.54 Å². The van der Waals surface area contributed by atoms with E-state index in [-0.39, 0.29) is 11.3 Å². The number of ether oxygens (including phenoxy) is 1. The van der Waals surface area contributed by atoms with Crippen LogP contribution >= 0.6 is 0 Å². The summed E-state index contributed by atoms with van der Waals surface area (Å²) < 4.78 is 19.0. The predicted molar refractivity (Wildman–Crippen MR) is 77.3 cm³/mol. The van der Waals surface area contributed by atoms with Crippen LogP contribution in [0.25, 0.3) is 0 Å². The number of hydrogen-bond donors (Lipinski definition) is 1. The van der Waals surface area contributed by atoms with E-state index < -0.39 is 5.82 Å². The van der Waals surface area contributed by atoms with Gasteiger partial charge in [-0.25, -0.2) is 9.37 Å². The monoisotopic (exact) mass is 274 g/mol. The normalized spacial score (nSPS) is 11.4. The molecular formula is C16H19FN2O. The van der Waals surface area contributed by atoms with Gasteiger partial charge in [-0.05, 0) is 44.5 Å². The van der Waals surface area contributed by atoms with Crippen LogP contribution in [0.3, 0.4) is 0 Å². The first-order chi connectivity index (χ1) is 9.44. The molecule has 0 amide bonds. The van der Waals surface area contributed by atoms with Gasteiger partial charge in [-0.1, -0.05) is 12.1 Å². The molecule has 1 aromatic heterocycles. The minimum Gasteiger partial charge on any atom is -0.436 e. The zero-order valence-corrected chi connectivity index (χ0v) is 12.0. The molecule has 106 valence electrons. The van der Waals surface area contributed by atoms with Crippen LogP contribution in [0, 0.1) is 5.82 Å². The summed E-state index contributed by atoms with van der Waals surface area (Å²) in [7, 11) is 0. The Morgan fingerprint density at radius 1 is 1.20 bits per heavy atom. The van der Waals surface area contributed by atoms with Crippen molar-refractivity contribution in [2.45, 2.75) is 32.9 Å². The molecule has 0 spiro atoms. The second-order valence-electron chi connectivity index (χ2n) is 5.64. The van der Waals surface area contributed by atoms with Crippen molar-refractivity contribution in [2.24, 2.45) is 0 Å². The number of halogens is 1. The Morgan fingerprint density at radius 2 is 1.95 bits per heavy atom. The van der Waals surface area contributed by atoms with Crippen molar-refractivity contribution in [1.82, 2.24) is 10.3 Å². The lowest BCUT2D eigenvalue weighted by Crippen LogP contribution is -2.35. The Bertz CT molecular complexity index is 579. The molecular weight excluding hydrogens is 255 g/mol. The third kappa shape index (κ3) is 4.31. The van der Waals surface area contributed by atoms with Crippen molar-refractivity contribution >= 4 is 0 Å². The maximum atomic E-state index is 13.5. The molecule has 0 aliphatic heterocycles. The zero-order chi connectivity index (χ0) is 14.6. The lowest BCUT2D eigenvalue weighted by Gasteiger charge is -2.20. The summed E-state index contributed by atoms with van der Waals surface area (Å²) in [5.41, 5.74) is 1.08. The number of benzene rings is 1. The molecule has 1 N–H and O–H groups in total. The molecule has 20 heavy (non-hydrogen) atoms. The van der Waals surface area contributed by atoms with Crippen LogP contribution in [0.4, 0.5) is 4.39 Å². The maximum Gasteiger partial charge on any atom is 0.219 e. The van der Waals surface area contributed by atoms with Gasteiger partial charge in [0.1, 0.15) is 0 Å². The van der Waals surface area contributed by atoms with Crippen molar-refractivity contribution < 1.29 is 9.13 Å². The summed E-state index contributed by atoms with van der Waals surface area (Å²) in [5.74, 6) is 0.178. The fourth-order valence-electron chi connectivity index (χ4n) is 1.62. The van der Waals surface area contributed by atoms with E-state index in [9.17, 15) is 4.39 Å². The molecule has 3 nitrogen and oxygen atoms in total. The highest BCUT2D eigenvalue weighted by molar-refractivity contribution is 5.30. The van der Waals surface area contributed by atoms with Gasteiger partial charge < -0.3 is 10.1 Å². The Balaban J connectivity index is 2.08. The van der Waals surface area contributed by atoms with Gasteiger partial charge in [0.15, 0.2) is 11.6 Å². The zero-order valence-electron chi connectivity index (χ0n) is 12.0. The van der Waals surface area contributed by atoms with Gasteiger partial charge in [0, 0.05) is 24.3 Å². The number of pyridine rings is 1. The van der Waals surface area contributed by atoms with E-state index in [1.54, 1.807) is 24.4 Å². The first kappa shape index (κ1) is 14.5. The summed E-state index contributed by atoms with van der Waals surface area (Å²) >= 11 is 0. The van der Waals surface area contributed by atoms with E-state index in [0.29, 0.717) is 12.4 Å². The fourth-order valence-corrected chi connectivity index (χ4v) is 1.62. The third-order valence-electron chi connectivity index (χ3n) is 2.67. The van der Waals surface area contributed by atoms with Gasteiger partial charge in [-0.3, -0.25) is 0 Å². The number of para-hydroxylation sites is 1. The van der Waals surface area contributed by atoms with E-state index in [1.165, 1.54) is 6.07 Å². The molecule has 0 aliphatic rings. The van der Waals surface area contributed by atoms with Gasteiger partial charge in [0.2, 0.25) is 5.88 Å². The smallest absolute Gasteiger partial charge is 0.219 e. The SMILES string of the molecule is CC(C)(C)NCc1ccnc(Oc2ccccc2F)c1. The van der Waals surface area contributed by atoms with Crippen LogP contribution < -0.4 is 10.1 Å². The molecule has 0 fully saturated rings. The number of nitrogens with zero attached hydrogens (tertiary/aromatic N) is 1. The van der Waals surface area contributed by atoms with E-state index in [1.807, 2.05) is 12.1 Å². The van der Waals surface area contributed by atoms with Crippen LogP contribution in [0.1, 0.15) is 26.3 Å². The maximum absolute atomic E-state index is 13.5.